The highest BCUT2D eigenvalue weighted by Gasteiger charge is 2.34. The first kappa shape index (κ1) is 21.8. The standard InChI is InChI=1S/C20H19ClF3N3OS/c1-2-7-25-18-17(29-19(28)26-18)10-13-5-8-27(9-6-13)12-14-3-4-15(21)11-16(14)20(22,23)24/h1,3-4,10-11,13H,5-9,12H2,(H,25,26,28). The van der Waals surface area contributed by atoms with Crippen molar-refractivity contribution in [1.29, 1.82) is 0 Å². The SMILES string of the molecule is C#CCNC1=NC(=O)SC1=CC1CCN(Cc2ccc(Cl)cc2C(F)(F)F)CC1. The molecule has 1 fully saturated rings. The lowest BCUT2D eigenvalue weighted by molar-refractivity contribution is -0.138. The number of amides is 1. The van der Waals surface area contributed by atoms with E-state index in [1.165, 1.54) is 12.1 Å². The van der Waals surface area contributed by atoms with Crippen LogP contribution in [0.3, 0.4) is 0 Å². The molecule has 0 atom stereocenters. The summed E-state index contributed by atoms with van der Waals surface area (Å²) in [6.45, 7) is 1.83. The van der Waals surface area contributed by atoms with Gasteiger partial charge in [0.15, 0.2) is 0 Å². The maximum absolute atomic E-state index is 13.3. The van der Waals surface area contributed by atoms with Gasteiger partial charge in [-0.25, -0.2) is 0 Å². The predicted octanol–water partition coefficient (Wildman–Crippen LogP) is 4.94. The van der Waals surface area contributed by atoms with Crippen LogP contribution in [0.1, 0.15) is 24.0 Å². The molecule has 0 bridgehead atoms. The van der Waals surface area contributed by atoms with Crippen molar-refractivity contribution >= 4 is 34.4 Å². The molecule has 1 aromatic rings. The number of halogens is 4. The van der Waals surface area contributed by atoms with Gasteiger partial charge in [-0.3, -0.25) is 9.69 Å². The zero-order valence-corrected chi connectivity index (χ0v) is 17.0. The number of alkyl halides is 3. The number of benzene rings is 1. The molecule has 0 aliphatic carbocycles. The molecule has 2 aliphatic heterocycles. The molecule has 0 unspecified atom stereocenters. The second-order valence-corrected chi connectivity index (χ2v) is 8.26. The number of terminal acetylenes is 1. The topological polar surface area (TPSA) is 44.7 Å². The molecule has 2 heterocycles. The minimum Gasteiger partial charge on any atom is -0.358 e. The Morgan fingerprint density at radius 1 is 1.38 bits per heavy atom. The van der Waals surface area contributed by atoms with Crippen LogP contribution in [0, 0.1) is 18.3 Å². The zero-order chi connectivity index (χ0) is 21.0. The Morgan fingerprint density at radius 2 is 2.10 bits per heavy atom. The molecule has 154 valence electrons. The van der Waals surface area contributed by atoms with E-state index in [1.807, 2.05) is 11.0 Å². The van der Waals surface area contributed by atoms with Crippen molar-refractivity contribution in [2.45, 2.75) is 25.6 Å². The summed E-state index contributed by atoms with van der Waals surface area (Å²) >= 11 is 6.81. The number of nitrogens with zero attached hydrogens (tertiary/aromatic N) is 2. The fourth-order valence-electron chi connectivity index (χ4n) is 3.37. The van der Waals surface area contributed by atoms with Gasteiger partial charge < -0.3 is 5.32 Å². The number of carbonyl (C=O) groups is 1. The Morgan fingerprint density at radius 3 is 2.76 bits per heavy atom. The van der Waals surface area contributed by atoms with Gasteiger partial charge in [0.2, 0.25) is 0 Å². The highest BCUT2D eigenvalue weighted by Crippen LogP contribution is 2.35. The lowest BCUT2D eigenvalue weighted by atomic mass is 9.95. The second kappa shape index (κ2) is 9.24. The van der Waals surface area contributed by atoms with E-state index >= 15 is 0 Å². The number of carbonyl (C=O) groups excluding carboxylic acids is 1. The third kappa shape index (κ3) is 5.78. The number of allylic oxidation sites excluding steroid dienone is 1. The fourth-order valence-corrected chi connectivity index (χ4v) is 4.34. The third-order valence-corrected chi connectivity index (χ3v) is 5.83. The third-order valence-electron chi connectivity index (χ3n) is 4.78. The van der Waals surface area contributed by atoms with Crippen molar-refractivity contribution in [2.75, 3.05) is 19.6 Å². The van der Waals surface area contributed by atoms with E-state index in [-0.39, 0.29) is 34.8 Å². The maximum Gasteiger partial charge on any atom is 0.416 e. The summed E-state index contributed by atoms with van der Waals surface area (Å²) in [5.74, 6) is 3.17. The predicted molar refractivity (Wildman–Crippen MR) is 110 cm³/mol. The molecule has 1 amide bonds. The van der Waals surface area contributed by atoms with Gasteiger partial charge in [0.25, 0.3) is 0 Å². The quantitative estimate of drug-likeness (QED) is 0.672. The van der Waals surface area contributed by atoms with E-state index in [1.54, 1.807) is 0 Å². The molecular formula is C20H19ClF3N3OS. The number of thioether (sulfide) groups is 1. The van der Waals surface area contributed by atoms with Gasteiger partial charge in [0, 0.05) is 11.6 Å². The normalized spacial score (nSPS) is 20.0. The van der Waals surface area contributed by atoms with Gasteiger partial charge in [-0.05, 0) is 61.3 Å². The maximum atomic E-state index is 13.3. The average molecular weight is 442 g/mol. The number of hydrogen-bond donors (Lipinski definition) is 1. The van der Waals surface area contributed by atoms with E-state index in [0.29, 0.717) is 18.9 Å². The van der Waals surface area contributed by atoms with Crippen LogP contribution in [0.5, 0.6) is 0 Å². The molecule has 29 heavy (non-hydrogen) atoms. The molecule has 4 nitrogen and oxygen atoms in total. The second-order valence-electron chi connectivity index (χ2n) is 6.83. The number of rotatable bonds is 4. The Kier molecular flexibility index (Phi) is 6.93. The number of amidine groups is 1. The van der Waals surface area contributed by atoms with E-state index < -0.39 is 11.7 Å². The van der Waals surface area contributed by atoms with Crippen LogP contribution in [0.25, 0.3) is 0 Å². The zero-order valence-electron chi connectivity index (χ0n) is 15.4. The average Bonchev–Trinajstić information content (AvgIpc) is 3.01. The van der Waals surface area contributed by atoms with Gasteiger partial charge >= 0.3 is 11.4 Å². The molecule has 0 saturated carbocycles. The van der Waals surface area contributed by atoms with Crippen LogP contribution in [0.4, 0.5) is 18.0 Å². The molecule has 3 rings (SSSR count). The highest BCUT2D eigenvalue weighted by atomic mass is 35.5. The van der Waals surface area contributed by atoms with Crippen molar-refractivity contribution in [2.24, 2.45) is 10.9 Å². The fraction of sp³-hybridized carbons (Fsp3) is 0.400. The van der Waals surface area contributed by atoms with Gasteiger partial charge in [-0.2, -0.15) is 18.2 Å². The molecule has 0 aromatic heterocycles. The Bertz CT molecular complexity index is 884. The Hall–Kier alpha value is -1.95. The minimum absolute atomic E-state index is 0.0749. The first-order valence-electron chi connectivity index (χ1n) is 9.04. The Labute approximate surface area is 176 Å². The number of hydrogen-bond acceptors (Lipinski definition) is 4. The van der Waals surface area contributed by atoms with Gasteiger partial charge in [-0.1, -0.05) is 29.7 Å². The van der Waals surface area contributed by atoms with Crippen molar-refractivity contribution < 1.29 is 18.0 Å². The van der Waals surface area contributed by atoms with Crippen molar-refractivity contribution in [1.82, 2.24) is 10.2 Å². The van der Waals surface area contributed by atoms with Crippen molar-refractivity contribution in [3.8, 4) is 12.3 Å². The van der Waals surface area contributed by atoms with E-state index in [4.69, 9.17) is 18.0 Å². The number of nitrogens with one attached hydrogen (secondary N) is 1. The lowest BCUT2D eigenvalue weighted by Crippen LogP contribution is -2.33. The molecule has 1 saturated heterocycles. The summed E-state index contributed by atoms with van der Waals surface area (Å²) in [6, 6.07) is 3.91. The number of piperidine rings is 1. The van der Waals surface area contributed by atoms with E-state index in [0.717, 1.165) is 35.6 Å². The van der Waals surface area contributed by atoms with Crippen LogP contribution < -0.4 is 5.32 Å². The van der Waals surface area contributed by atoms with Crippen molar-refractivity contribution in [3.05, 3.63) is 45.3 Å². The summed E-state index contributed by atoms with van der Waals surface area (Å²) in [4.78, 5) is 18.3. The largest absolute Gasteiger partial charge is 0.416 e. The van der Waals surface area contributed by atoms with E-state index in [9.17, 15) is 18.0 Å². The summed E-state index contributed by atoms with van der Waals surface area (Å²) in [5.41, 5.74) is -0.459. The lowest BCUT2D eigenvalue weighted by Gasteiger charge is -2.31. The Balaban J connectivity index is 1.61. The summed E-state index contributed by atoms with van der Waals surface area (Å²) in [7, 11) is 0. The number of likely N-dealkylation sites (tertiary alicyclic amines) is 1. The van der Waals surface area contributed by atoms with Crippen LogP contribution in [-0.2, 0) is 12.7 Å². The van der Waals surface area contributed by atoms with Gasteiger partial charge in [0.1, 0.15) is 5.84 Å². The molecular weight excluding hydrogens is 423 g/mol. The van der Waals surface area contributed by atoms with Crippen molar-refractivity contribution in [3.63, 3.8) is 0 Å². The highest BCUT2D eigenvalue weighted by molar-refractivity contribution is 8.18. The molecule has 1 aromatic carbocycles. The van der Waals surface area contributed by atoms with Crippen LogP contribution >= 0.6 is 23.4 Å². The monoisotopic (exact) mass is 441 g/mol. The van der Waals surface area contributed by atoms with Crippen LogP contribution in [0.15, 0.2) is 34.2 Å². The smallest absolute Gasteiger partial charge is 0.358 e. The summed E-state index contributed by atoms with van der Waals surface area (Å²) in [5, 5.41) is 2.74. The first-order valence-corrected chi connectivity index (χ1v) is 10.2. The van der Waals surface area contributed by atoms with Gasteiger partial charge in [0.05, 0.1) is 17.0 Å². The minimum atomic E-state index is -4.43. The van der Waals surface area contributed by atoms with E-state index in [2.05, 4.69) is 16.2 Å². The molecule has 0 spiro atoms. The molecule has 9 heteroatoms. The molecule has 2 aliphatic rings. The molecule has 0 radical (unpaired) electrons. The summed E-state index contributed by atoms with van der Waals surface area (Å²) in [6.07, 6.45) is 4.39. The van der Waals surface area contributed by atoms with Gasteiger partial charge in [-0.15, -0.1) is 6.42 Å². The van der Waals surface area contributed by atoms with Crippen LogP contribution in [-0.4, -0.2) is 35.6 Å². The molecule has 1 N–H and O–H groups in total. The first-order chi connectivity index (χ1) is 13.8. The summed E-state index contributed by atoms with van der Waals surface area (Å²) < 4.78 is 39.9. The number of aliphatic imine (C=N–C) groups is 1. The van der Waals surface area contributed by atoms with Crippen LogP contribution in [0.2, 0.25) is 5.02 Å².